The number of rotatable bonds is 6. The molecule has 0 saturated heterocycles. The summed E-state index contributed by atoms with van der Waals surface area (Å²) in [6.07, 6.45) is 1.89. The smallest absolute Gasteiger partial charge is 0.156 e. The number of halogens is 3. The minimum atomic E-state index is 0.401. The van der Waals surface area contributed by atoms with E-state index in [1.54, 1.807) is 11.3 Å². The lowest BCUT2D eigenvalue weighted by atomic mass is 10.2. The number of ether oxygens (including phenoxy) is 1. The summed E-state index contributed by atoms with van der Waals surface area (Å²) in [6, 6.07) is 22.0. The van der Waals surface area contributed by atoms with Gasteiger partial charge in [0.05, 0.1) is 22.3 Å². The van der Waals surface area contributed by atoms with Crippen molar-refractivity contribution in [3.05, 3.63) is 88.9 Å². The van der Waals surface area contributed by atoms with Gasteiger partial charge in [0.25, 0.3) is 0 Å². The molecule has 3 nitrogen and oxygen atoms in total. The lowest BCUT2D eigenvalue weighted by Crippen LogP contribution is -2.00. The topological polar surface area (TPSA) is 45.9 Å². The van der Waals surface area contributed by atoms with E-state index >= 15 is 0 Å². The van der Waals surface area contributed by atoms with Crippen molar-refractivity contribution >= 4 is 96.2 Å². The SMILES string of the molecule is N#C/C(=C\c1cc(I)c(OCc2ccccc2Cl)c(I)c1)Sc1nc2ccccc2s1. The fraction of sp³-hybridized carbons (Fsp3) is 0.0435. The summed E-state index contributed by atoms with van der Waals surface area (Å²) < 4.78 is 9.98. The number of allylic oxidation sites excluding steroid dienone is 1. The maximum Gasteiger partial charge on any atom is 0.156 e. The highest BCUT2D eigenvalue weighted by molar-refractivity contribution is 14.1. The Bertz CT molecular complexity index is 1270. The first-order valence-electron chi connectivity index (χ1n) is 9.04. The summed E-state index contributed by atoms with van der Waals surface area (Å²) in [4.78, 5) is 5.20. The molecule has 1 heterocycles. The highest BCUT2D eigenvalue weighted by Gasteiger charge is 2.12. The second-order valence-corrected chi connectivity index (χ2v) is 11.4. The summed E-state index contributed by atoms with van der Waals surface area (Å²) in [5.41, 5.74) is 2.85. The quantitative estimate of drug-likeness (QED) is 0.116. The van der Waals surface area contributed by atoms with Crippen molar-refractivity contribution in [1.82, 2.24) is 4.98 Å². The van der Waals surface area contributed by atoms with Gasteiger partial charge >= 0.3 is 0 Å². The molecule has 0 amide bonds. The number of nitrogens with zero attached hydrogens (tertiary/aromatic N) is 2. The molecule has 31 heavy (non-hydrogen) atoms. The van der Waals surface area contributed by atoms with Crippen LogP contribution in [0.25, 0.3) is 16.3 Å². The molecule has 0 atom stereocenters. The second-order valence-electron chi connectivity index (χ2n) is 6.36. The lowest BCUT2D eigenvalue weighted by molar-refractivity contribution is 0.302. The number of hydrogen-bond acceptors (Lipinski definition) is 5. The molecule has 0 bridgehead atoms. The van der Waals surface area contributed by atoms with E-state index < -0.39 is 0 Å². The third-order valence-corrected chi connectivity index (χ3v) is 8.23. The Morgan fingerprint density at radius 2 is 1.84 bits per heavy atom. The van der Waals surface area contributed by atoms with Crippen LogP contribution in [-0.4, -0.2) is 4.98 Å². The van der Waals surface area contributed by atoms with Gasteiger partial charge in [-0.3, -0.25) is 0 Å². The van der Waals surface area contributed by atoms with Crippen LogP contribution in [0.4, 0.5) is 0 Å². The molecule has 0 saturated carbocycles. The van der Waals surface area contributed by atoms with Crippen LogP contribution in [-0.2, 0) is 6.61 Å². The number of thioether (sulfide) groups is 1. The fourth-order valence-corrected chi connectivity index (χ4v) is 7.08. The first kappa shape index (κ1) is 22.9. The molecule has 1 aromatic heterocycles. The number of para-hydroxylation sites is 1. The molecular weight excluding hydrogens is 674 g/mol. The van der Waals surface area contributed by atoms with Crippen LogP contribution in [0.5, 0.6) is 5.75 Å². The average Bonchev–Trinajstić information content (AvgIpc) is 3.16. The molecule has 0 radical (unpaired) electrons. The van der Waals surface area contributed by atoms with Gasteiger partial charge in [-0.05, 0) is 98.9 Å². The molecule has 0 spiro atoms. The van der Waals surface area contributed by atoms with Gasteiger partial charge in [0.15, 0.2) is 4.34 Å². The van der Waals surface area contributed by atoms with Gasteiger partial charge in [-0.1, -0.05) is 41.9 Å². The molecule has 8 heteroatoms. The predicted octanol–water partition coefficient (Wildman–Crippen LogP) is 8.39. The maximum absolute atomic E-state index is 9.65. The highest BCUT2D eigenvalue weighted by Crippen LogP contribution is 2.36. The molecule has 4 aromatic rings. The number of benzene rings is 3. The second kappa shape index (κ2) is 10.5. The Labute approximate surface area is 220 Å². The molecule has 3 aromatic carbocycles. The Morgan fingerprint density at radius 1 is 1.13 bits per heavy atom. The fourth-order valence-electron chi connectivity index (χ4n) is 2.79. The van der Waals surface area contributed by atoms with Crippen LogP contribution >= 0.6 is 79.9 Å². The summed E-state index contributed by atoms with van der Waals surface area (Å²) in [5, 5.41) is 10.3. The molecule has 0 N–H and O–H groups in total. The molecule has 0 fully saturated rings. The van der Waals surface area contributed by atoms with Crippen LogP contribution in [0.2, 0.25) is 5.02 Å². The summed E-state index contributed by atoms with van der Waals surface area (Å²) >= 11 is 13.7. The van der Waals surface area contributed by atoms with Crippen molar-refractivity contribution < 1.29 is 4.74 Å². The Balaban J connectivity index is 1.53. The van der Waals surface area contributed by atoms with E-state index in [9.17, 15) is 5.26 Å². The third-order valence-electron chi connectivity index (χ3n) is 4.23. The molecule has 0 aliphatic heterocycles. The minimum Gasteiger partial charge on any atom is -0.487 e. The standard InChI is InChI=1S/C23H13ClI2N2OS2/c24-17-6-2-1-5-15(17)13-29-22-18(25)10-14(11-19(22)26)9-16(12-27)30-23-28-20-7-3-4-8-21(20)31-23/h1-11H,13H2/b16-9+. The molecular formula is C23H13ClI2N2OS2. The van der Waals surface area contributed by atoms with Crippen LogP contribution in [0.3, 0.4) is 0 Å². The minimum absolute atomic E-state index is 0.401. The van der Waals surface area contributed by atoms with Gasteiger partial charge in [-0.25, -0.2) is 4.98 Å². The number of nitriles is 1. The zero-order valence-corrected chi connectivity index (χ0v) is 22.5. The summed E-state index contributed by atoms with van der Waals surface area (Å²) in [5.74, 6) is 0.815. The zero-order chi connectivity index (χ0) is 21.8. The number of fused-ring (bicyclic) bond motifs is 1. The molecule has 0 aliphatic rings. The van der Waals surface area contributed by atoms with E-state index in [1.807, 2.05) is 66.7 Å². The average molecular weight is 687 g/mol. The molecule has 154 valence electrons. The van der Waals surface area contributed by atoms with Crippen molar-refractivity contribution in [2.75, 3.05) is 0 Å². The maximum atomic E-state index is 9.65. The van der Waals surface area contributed by atoms with Crippen LogP contribution in [0, 0.1) is 18.5 Å². The van der Waals surface area contributed by atoms with Gasteiger partial charge in [0.2, 0.25) is 0 Å². The van der Waals surface area contributed by atoms with Crippen LogP contribution in [0.15, 0.2) is 69.9 Å². The van der Waals surface area contributed by atoms with Gasteiger partial charge in [0.1, 0.15) is 18.4 Å². The molecule has 0 aliphatic carbocycles. The van der Waals surface area contributed by atoms with E-state index in [-0.39, 0.29) is 0 Å². The summed E-state index contributed by atoms with van der Waals surface area (Å²) in [7, 11) is 0. The first-order chi connectivity index (χ1) is 15.0. The van der Waals surface area contributed by atoms with Crippen molar-refractivity contribution in [2.24, 2.45) is 0 Å². The van der Waals surface area contributed by atoms with Crippen molar-refractivity contribution in [3.8, 4) is 11.8 Å². The third kappa shape index (κ3) is 5.73. The molecule has 4 rings (SSSR count). The predicted molar refractivity (Wildman–Crippen MR) is 147 cm³/mol. The van der Waals surface area contributed by atoms with E-state index in [4.69, 9.17) is 16.3 Å². The lowest BCUT2D eigenvalue weighted by Gasteiger charge is -2.12. The normalized spacial score (nSPS) is 11.5. The van der Waals surface area contributed by atoms with Crippen molar-refractivity contribution in [3.63, 3.8) is 0 Å². The van der Waals surface area contributed by atoms with Crippen molar-refractivity contribution in [2.45, 2.75) is 10.9 Å². The van der Waals surface area contributed by atoms with Crippen LogP contribution < -0.4 is 4.74 Å². The Morgan fingerprint density at radius 3 is 2.55 bits per heavy atom. The van der Waals surface area contributed by atoms with Crippen LogP contribution in [0.1, 0.15) is 11.1 Å². The highest BCUT2D eigenvalue weighted by atomic mass is 127. The Hall–Kier alpha value is -1.32. The number of thiazole rings is 1. The monoisotopic (exact) mass is 686 g/mol. The van der Waals surface area contributed by atoms with Gasteiger partial charge in [-0.15, -0.1) is 11.3 Å². The van der Waals surface area contributed by atoms with E-state index in [0.29, 0.717) is 16.5 Å². The first-order valence-corrected chi connectivity index (χ1v) is 13.2. The van der Waals surface area contributed by atoms with Gasteiger partial charge < -0.3 is 4.74 Å². The summed E-state index contributed by atoms with van der Waals surface area (Å²) in [6.45, 7) is 0.401. The van der Waals surface area contributed by atoms with E-state index in [0.717, 1.165) is 38.6 Å². The van der Waals surface area contributed by atoms with Crippen molar-refractivity contribution in [1.29, 1.82) is 5.26 Å². The van der Waals surface area contributed by atoms with Gasteiger partial charge in [-0.2, -0.15) is 5.26 Å². The number of hydrogen-bond donors (Lipinski definition) is 0. The van der Waals surface area contributed by atoms with E-state index in [2.05, 4.69) is 56.2 Å². The van der Waals surface area contributed by atoms with E-state index in [1.165, 1.54) is 11.8 Å². The zero-order valence-electron chi connectivity index (χ0n) is 15.8. The largest absolute Gasteiger partial charge is 0.487 e. The Kier molecular flexibility index (Phi) is 7.77. The van der Waals surface area contributed by atoms with Gasteiger partial charge in [0, 0.05) is 10.6 Å². The molecule has 0 unspecified atom stereocenters. The number of aromatic nitrogens is 1.